The van der Waals surface area contributed by atoms with Gasteiger partial charge in [-0.15, -0.1) is 0 Å². The number of hydrogen-bond donors (Lipinski definition) is 2. The van der Waals surface area contributed by atoms with Gasteiger partial charge >= 0.3 is 5.97 Å². The molecule has 1 atom stereocenters. The summed E-state index contributed by atoms with van der Waals surface area (Å²) < 4.78 is 2.07. The summed E-state index contributed by atoms with van der Waals surface area (Å²) in [5.74, 6) is -1.37. The van der Waals surface area contributed by atoms with Crippen molar-refractivity contribution in [2.45, 2.75) is 53.1 Å². The molecular formula is C16H24N2O3. The van der Waals surface area contributed by atoms with E-state index in [2.05, 4.69) is 9.88 Å². The Labute approximate surface area is 125 Å². The van der Waals surface area contributed by atoms with Gasteiger partial charge in [0.25, 0.3) is 5.91 Å². The zero-order valence-electron chi connectivity index (χ0n) is 13.3. The smallest absolute Gasteiger partial charge is 0.326 e. The number of aryl methyl sites for hydroxylation is 1. The maximum atomic E-state index is 12.3. The van der Waals surface area contributed by atoms with Crippen LogP contribution in [0.15, 0.2) is 18.2 Å². The van der Waals surface area contributed by atoms with Gasteiger partial charge in [0.15, 0.2) is 0 Å². The van der Waals surface area contributed by atoms with E-state index in [9.17, 15) is 9.59 Å². The molecule has 0 spiro atoms. The molecule has 116 valence electrons. The van der Waals surface area contributed by atoms with Crippen LogP contribution in [0.3, 0.4) is 0 Å². The summed E-state index contributed by atoms with van der Waals surface area (Å²) >= 11 is 0. The molecule has 2 N–H and O–H groups in total. The fourth-order valence-electron chi connectivity index (χ4n) is 2.53. The molecule has 0 aliphatic heterocycles. The number of carboxylic acid groups (broad SMARTS) is 1. The Kier molecular flexibility index (Phi) is 5.76. The molecule has 5 nitrogen and oxygen atoms in total. The van der Waals surface area contributed by atoms with Crippen LogP contribution >= 0.6 is 0 Å². The zero-order chi connectivity index (χ0) is 16.2. The molecule has 1 amide bonds. The van der Waals surface area contributed by atoms with E-state index in [1.54, 1.807) is 18.2 Å². The number of carboxylic acids is 1. The fraction of sp³-hybridized carbons (Fsp3) is 0.500. The van der Waals surface area contributed by atoms with Crippen molar-refractivity contribution in [2.24, 2.45) is 0 Å². The molecule has 1 unspecified atom stereocenters. The standard InChI is InChI=1S/C16H24N2O3/c1-6-7-8-14(16(20)21)17-15(19)13-9-11(4)18(10(2)3)12(13)5/h6-7,9-10,14H,8H2,1-5H3,(H,17,19)(H,20,21)/b7-6+. The number of carbonyl (C=O) groups is 2. The van der Waals surface area contributed by atoms with Gasteiger partial charge in [-0.3, -0.25) is 4.79 Å². The van der Waals surface area contributed by atoms with Crippen LogP contribution < -0.4 is 5.32 Å². The van der Waals surface area contributed by atoms with Gasteiger partial charge in [0.05, 0.1) is 5.56 Å². The lowest BCUT2D eigenvalue weighted by atomic mass is 10.1. The van der Waals surface area contributed by atoms with Crippen molar-refractivity contribution in [1.82, 2.24) is 9.88 Å². The summed E-state index contributed by atoms with van der Waals surface area (Å²) in [7, 11) is 0. The van der Waals surface area contributed by atoms with Crippen LogP contribution in [-0.2, 0) is 4.79 Å². The maximum absolute atomic E-state index is 12.3. The number of aromatic nitrogens is 1. The van der Waals surface area contributed by atoms with E-state index in [1.165, 1.54) is 0 Å². The van der Waals surface area contributed by atoms with Crippen LogP contribution in [0, 0.1) is 13.8 Å². The lowest BCUT2D eigenvalue weighted by molar-refractivity contribution is -0.139. The van der Waals surface area contributed by atoms with E-state index in [0.717, 1.165) is 11.4 Å². The van der Waals surface area contributed by atoms with E-state index < -0.39 is 12.0 Å². The Morgan fingerprint density at radius 3 is 2.43 bits per heavy atom. The van der Waals surface area contributed by atoms with Crippen molar-refractivity contribution >= 4 is 11.9 Å². The molecular weight excluding hydrogens is 268 g/mol. The second kappa shape index (κ2) is 7.11. The molecule has 0 aromatic carbocycles. The van der Waals surface area contributed by atoms with Crippen molar-refractivity contribution < 1.29 is 14.7 Å². The van der Waals surface area contributed by atoms with Gasteiger partial charge in [-0.25, -0.2) is 4.79 Å². The van der Waals surface area contributed by atoms with Crippen LogP contribution in [0.4, 0.5) is 0 Å². The van der Waals surface area contributed by atoms with Gasteiger partial charge in [-0.05, 0) is 47.1 Å². The average molecular weight is 292 g/mol. The second-order valence-corrected chi connectivity index (χ2v) is 5.42. The van der Waals surface area contributed by atoms with Crippen LogP contribution in [-0.4, -0.2) is 27.6 Å². The summed E-state index contributed by atoms with van der Waals surface area (Å²) in [5.41, 5.74) is 2.39. The highest BCUT2D eigenvalue weighted by Gasteiger charge is 2.22. The number of aliphatic carboxylic acids is 1. The number of carbonyl (C=O) groups excluding carboxylic acids is 1. The Hall–Kier alpha value is -2.04. The minimum absolute atomic E-state index is 0.254. The van der Waals surface area contributed by atoms with Gasteiger partial charge in [0.1, 0.15) is 6.04 Å². The molecule has 0 bridgehead atoms. The van der Waals surface area contributed by atoms with Crippen LogP contribution in [0.2, 0.25) is 0 Å². The van der Waals surface area contributed by atoms with Crippen LogP contribution in [0.5, 0.6) is 0 Å². The lowest BCUT2D eigenvalue weighted by Crippen LogP contribution is -2.40. The number of amides is 1. The molecule has 1 aromatic heterocycles. The molecule has 1 aromatic rings. The molecule has 0 fully saturated rings. The van der Waals surface area contributed by atoms with Crippen molar-refractivity contribution in [3.8, 4) is 0 Å². The summed E-state index contributed by atoms with van der Waals surface area (Å²) in [6, 6.07) is 1.15. The Morgan fingerprint density at radius 1 is 1.38 bits per heavy atom. The first-order valence-electron chi connectivity index (χ1n) is 7.12. The molecule has 0 radical (unpaired) electrons. The predicted molar refractivity (Wildman–Crippen MR) is 82.6 cm³/mol. The third kappa shape index (κ3) is 3.97. The van der Waals surface area contributed by atoms with Gasteiger partial charge < -0.3 is 15.0 Å². The first-order valence-corrected chi connectivity index (χ1v) is 7.12. The molecule has 0 aliphatic carbocycles. The molecule has 5 heteroatoms. The van der Waals surface area contributed by atoms with Gasteiger partial charge in [0, 0.05) is 17.4 Å². The topological polar surface area (TPSA) is 71.3 Å². The van der Waals surface area contributed by atoms with Crippen LogP contribution in [0.25, 0.3) is 0 Å². The van der Waals surface area contributed by atoms with E-state index in [-0.39, 0.29) is 18.4 Å². The maximum Gasteiger partial charge on any atom is 0.326 e. The number of nitrogens with zero attached hydrogens (tertiary/aromatic N) is 1. The predicted octanol–water partition coefficient (Wildman–Crippen LogP) is 2.84. The van der Waals surface area contributed by atoms with E-state index in [4.69, 9.17) is 5.11 Å². The lowest BCUT2D eigenvalue weighted by Gasteiger charge is -2.15. The second-order valence-electron chi connectivity index (χ2n) is 5.42. The summed E-state index contributed by atoms with van der Waals surface area (Å²) in [5, 5.41) is 11.7. The first kappa shape index (κ1) is 17.0. The minimum atomic E-state index is -1.03. The molecule has 1 heterocycles. The van der Waals surface area contributed by atoms with E-state index in [1.807, 2.05) is 34.6 Å². The quantitative estimate of drug-likeness (QED) is 0.792. The highest BCUT2D eigenvalue weighted by molar-refractivity contribution is 5.97. The minimum Gasteiger partial charge on any atom is -0.480 e. The van der Waals surface area contributed by atoms with Crippen molar-refractivity contribution in [2.75, 3.05) is 0 Å². The molecule has 0 aliphatic rings. The molecule has 21 heavy (non-hydrogen) atoms. The third-order valence-electron chi connectivity index (χ3n) is 3.46. The Balaban J connectivity index is 2.98. The molecule has 0 saturated heterocycles. The fourth-order valence-corrected chi connectivity index (χ4v) is 2.53. The third-order valence-corrected chi connectivity index (χ3v) is 3.46. The normalized spacial score (nSPS) is 12.9. The largest absolute Gasteiger partial charge is 0.480 e. The summed E-state index contributed by atoms with van der Waals surface area (Å²) in [4.78, 5) is 23.5. The molecule has 1 rings (SSSR count). The Morgan fingerprint density at radius 2 is 2.00 bits per heavy atom. The van der Waals surface area contributed by atoms with Crippen LogP contribution in [0.1, 0.15) is 55.0 Å². The number of nitrogens with one attached hydrogen (secondary N) is 1. The number of allylic oxidation sites excluding steroid dienone is 1. The SMILES string of the molecule is C/C=C/CC(NC(=O)c1cc(C)n(C(C)C)c1C)C(=O)O. The van der Waals surface area contributed by atoms with Gasteiger partial charge in [-0.1, -0.05) is 12.2 Å². The van der Waals surface area contributed by atoms with Crippen molar-refractivity contribution in [3.05, 3.63) is 35.2 Å². The Bertz CT molecular complexity index is 556. The monoisotopic (exact) mass is 292 g/mol. The summed E-state index contributed by atoms with van der Waals surface area (Å²) in [6.07, 6.45) is 3.78. The number of hydrogen-bond acceptors (Lipinski definition) is 2. The highest BCUT2D eigenvalue weighted by atomic mass is 16.4. The van der Waals surface area contributed by atoms with E-state index in [0.29, 0.717) is 5.56 Å². The van der Waals surface area contributed by atoms with Gasteiger partial charge in [-0.2, -0.15) is 0 Å². The zero-order valence-corrected chi connectivity index (χ0v) is 13.3. The van der Waals surface area contributed by atoms with E-state index >= 15 is 0 Å². The van der Waals surface area contributed by atoms with Crippen molar-refractivity contribution in [1.29, 1.82) is 0 Å². The summed E-state index contributed by atoms with van der Waals surface area (Å²) in [6.45, 7) is 9.74. The average Bonchev–Trinajstić information content (AvgIpc) is 2.69. The van der Waals surface area contributed by atoms with Crippen molar-refractivity contribution in [3.63, 3.8) is 0 Å². The first-order chi connectivity index (χ1) is 9.79. The highest BCUT2D eigenvalue weighted by Crippen LogP contribution is 2.20. The number of rotatable bonds is 6. The van der Waals surface area contributed by atoms with Gasteiger partial charge in [0.2, 0.25) is 0 Å². The molecule has 0 saturated carbocycles.